The van der Waals surface area contributed by atoms with Gasteiger partial charge in [0.15, 0.2) is 0 Å². The Morgan fingerprint density at radius 1 is 0.735 bits per heavy atom. The number of unbranched alkanes of at least 4 members (excludes halogenated alkanes) is 4. The third-order valence-electron chi connectivity index (χ3n) is 6.24. The van der Waals surface area contributed by atoms with E-state index in [1.54, 1.807) is 0 Å². The molecule has 176 valence electrons. The molecule has 0 radical (unpaired) electrons. The fourth-order valence-corrected chi connectivity index (χ4v) is 4.50. The van der Waals surface area contributed by atoms with Crippen molar-refractivity contribution in [3.05, 3.63) is 88.5 Å². The largest absolute Gasteiger partial charge is 0.573 e. The van der Waals surface area contributed by atoms with Crippen LogP contribution in [0.5, 0.6) is 5.75 Å². The molecule has 0 amide bonds. The van der Waals surface area contributed by atoms with Gasteiger partial charge in [-0.1, -0.05) is 68.7 Å². The smallest absolute Gasteiger partial charge is 0.406 e. The highest BCUT2D eigenvalue weighted by Gasteiger charge is 2.30. The maximum absolute atomic E-state index is 12.3. The van der Waals surface area contributed by atoms with Crippen LogP contribution >= 0.6 is 0 Å². The van der Waals surface area contributed by atoms with Crippen molar-refractivity contribution in [2.75, 3.05) is 0 Å². The maximum Gasteiger partial charge on any atom is 0.573 e. The first-order valence-electron chi connectivity index (χ1n) is 12.0. The van der Waals surface area contributed by atoms with Crippen molar-refractivity contribution in [3.8, 4) is 28.7 Å². The van der Waals surface area contributed by atoms with E-state index < -0.39 is 6.36 Å². The minimum absolute atomic E-state index is 0.245. The fourth-order valence-electron chi connectivity index (χ4n) is 4.50. The number of benzene rings is 3. The molecule has 1 aliphatic carbocycles. The molecule has 34 heavy (non-hydrogen) atoms. The number of aryl methyl sites for hydroxylation is 3. The molecule has 0 bridgehead atoms. The SMILES string of the molecule is CCCCCCCc1ccc2c(c1)CCc1cc(C#Cc3ccc(OC(F)(F)F)cc3)ccc1-2. The van der Waals surface area contributed by atoms with Gasteiger partial charge in [-0.15, -0.1) is 13.2 Å². The predicted molar refractivity (Wildman–Crippen MR) is 131 cm³/mol. The molecule has 4 rings (SSSR count). The summed E-state index contributed by atoms with van der Waals surface area (Å²) >= 11 is 0. The molecule has 0 spiro atoms. The first-order chi connectivity index (χ1) is 16.4. The van der Waals surface area contributed by atoms with E-state index in [9.17, 15) is 13.2 Å². The lowest BCUT2D eigenvalue weighted by molar-refractivity contribution is -0.274. The molecule has 1 aliphatic rings. The number of hydrogen-bond acceptors (Lipinski definition) is 1. The molecule has 0 aliphatic heterocycles. The van der Waals surface area contributed by atoms with Crippen LogP contribution in [0.4, 0.5) is 13.2 Å². The van der Waals surface area contributed by atoms with Gasteiger partial charge >= 0.3 is 6.36 Å². The molecule has 3 aromatic carbocycles. The Bertz CT molecular complexity index is 1180. The quantitative estimate of drug-likeness (QED) is 0.254. The minimum Gasteiger partial charge on any atom is -0.406 e. The van der Waals surface area contributed by atoms with Gasteiger partial charge < -0.3 is 4.74 Å². The first kappa shape index (κ1) is 24.0. The molecule has 0 unspecified atom stereocenters. The zero-order chi connectivity index (χ0) is 24.0. The molecular formula is C30H29F3O. The summed E-state index contributed by atoms with van der Waals surface area (Å²) in [5.74, 6) is 5.92. The molecule has 3 aromatic rings. The normalized spacial score (nSPS) is 12.4. The summed E-state index contributed by atoms with van der Waals surface area (Å²) in [6.07, 6.45) is 4.99. The van der Waals surface area contributed by atoms with E-state index in [1.165, 1.54) is 84.2 Å². The maximum atomic E-state index is 12.3. The Hall–Kier alpha value is -3.19. The lowest BCUT2D eigenvalue weighted by Crippen LogP contribution is -2.16. The lowest BCUT2D eigenvalue weighted by atomic mass is 9.83. The highest BCUT2D eigenvalue weighted by Crippen LogP contribution is 2.34. The molecule has 1 nitrogen and oxygen atoms in total. The topological polar surface area (TPSA) is 9.23 Å². The second-order valence-electron chi connectivity index (χ2n) is 8.85. The van der Waals surface area contributed by atoms with Gasteiger partial charge in [0.05, 0.1) is 0 Å². The average Bonchev–Trinajstić information content (AvgIpc) is 2.82. The van der Waals surface area contributed by atoms with E-state index >= 15 is 0 Å². The van der Waals surface area contributed by atoms with Crippen molar-refractivity contribution in [3.63, 3.8) is 0 Å². The second-order valence-corrected chi connectivity index (χ2v) is 8.85. The third kappa shape index (κ3) is 6.44. The van der Waals surface area contributed by atoms with Crippen LogP contribution in [-0.2, 0) is 19.3 Å². The molecule has 0 saturated heterocycles. The van der Waals surface area contributed by atoms with Crippen molar-refractivity contribution < 1.29 is 17.9 Å². The van der Waals surface area contributed by atoms with Gasteiger partial charge in [0.25, 0.3) is 0 Å². The van der Waals surface area contributed by atoms with Crippen LogP contribution in [0.3, 0.4) is 0 Å². The zero-order valence-corrected chi connectivity index (χ0v) is 19.5. The van der Waals surface area contributed by atoms with E-state index in [2.05, 4.69) is 53.8 Å². The van der Waals surface area contributed by atoms with Gasteiger partial charge in [0.1, 0.15) is 5.75 Å². The van der Waals surface area contributed by atoms with Crippen molar-refractivity contribution in [2.24, 2.45) is 0 Å². The van der Waals surface area contributed by atoms with Gasteiger partial charge in [-0.05, 0) is 89.9 Å². The van der Waals surface area contributed by atoms with Crippen LogP contribution in [0.2, 0.25) is 0 Å². The van der Waals surface area contributed by atoms with E-state index in [-0.39, 0.29) is 5.75 Å². The van der Waals surface area contributed by atoms with Gasteiger partial charge in [-0.25, -0.2) is 0 Å². The van der Waals surface area contributed by atoms with Crippen LogP contribution in [0.25, 0.3) is 11.1 Å². The summed E-state index contributed by atoms with van der Waals surface area (Å²) in [6.45, 7) is 2.25. The summed E-state index contributed by atoms with van der Waals surface area (Å²) < 4.78 is 40.8. The Kier molecular flexibility index (Phi) is 7.63. The highest BCUT2D eigenvalue weighted by molar-refractivity contribution is 5.74. The van der Waals surface area contributed by atoms with E-state index in [0.29, 0.717) is 5.56 Å². The number of hydrogen-bond donors (Lipinski definition) is 0. The number of ether oxygens (including phenoxy) is 1. The molecule has 0 N–H and O–H groups in total. The minimum atomic E-state index is -4.69. The Balaban J connectivity index is 1.43. The Morgan fingerprint density at radius 3 is 2.06 bits per heavy atom. The van der Waals surface area contributed by atoms with E-state index in [4.69, 9.17) is 0 Å². The van der Waals surface area contributed by atoms with Crippen LogP contribution in [0, 0.1) is 11.8 Å². The van der Waals surface area contributed by atoms with Gasteiger partial charge in [-0.3, -0.25) is 0 Å². The molecule has 0 atom stereocenters. The third-order valence-corrected chi connectivity index (χ3v) is 6.24. The molecule has 0 fully saturated rings. The summed E-state index contributed by atoms with van der Waals surface area (Å²) in [5, 5.41) is 0. The van der Waals surface area contributed by atoms with Gasteiger partial charge in [0.2, 0.25) is 0 Å². The van der Waals surface area contributed by atoms with E-state index in [0.717, 1.165) is 24.8 Å². The molecule has 0 saturated carbocycles. The average molecular weight is 463 g/mol. The summed E-state index contributed by atoms with van der Waals surface area (Å²) in [6, 6.07) is 18.8. The van der Waals surface area contributed by atoms with Crippen molar-refractivity contribution >= 4 is 0 Å². The fraction of sp³-hybridized carbons (Fsp3) is 0.333. The molecule has 0 heterocycles. The van der Waals surface area contributed by atoms with Crippen LogP contribution in [0.1, 0.15) is 66.8 Å². The van der Waals surface area contributed by atoms with Gasteiger partial charge in [-0.2, -0.15) is 0 Å². The predicted octanol–water partition coefficient (Wildman–Crippen LogP) is 8.26. The first-order valence-corrected chi connectivity index (χ1v) is 12.0. The molecular weight excluding hydrogens is 433 g/mol. The van der Waals surface area contributed by atoms with Crippen LogP contribution < -0.4 is 4.74 Å². The molecule has 4 heteroatoms. The number of fused-ring (bicyclic) bond motifs is 3. The lowest BCUT2D eigenvalue weighted by Gasteiger charge is -2.21. The zero-order valence-electron chi connectivity index (χ0n) is 19.5. The van der Waals surface area contributed by atoms with Crippen LogP contribution in [0.15, 0.2) is 60.7 Å². The number of alkyl halides is 3. The standard InChI is InChI=1S/C30H29F3O/c1-2-3-4-5-6-7-23-12-18-28-25(20-23)14-15-26-21-24(13-19-29(26)28)9-8-22-10-16-27(17-11-22)34-30(31,32)33/h10-13,16-21H,2-7,14-15H2,1H3. The van der Waals surface area contributed by atoms with Gasteiger partial charge in [0, 0.05) is 11.1 Å². The number of halogens is 3. The summed E-state index contributed by atoms with van der Waals surface area (Å²) in [7, 11) is 0. The van der Waals surface area contributed by atoms with Crippen molar-refractivity contribution in [1.82, 2.24) is 0 Å². The Morgan fingerprint density at radius 2 is 1.35 bits per heavy atom. The van der Waals surface area contributed by atoms with Crippen LogP contribution in [-0.4, -0.2) is 6.36 Å². The number of rotatable bonds is 7. The van der Waals surface area contributed by atoms with Crippen molar-refractivity contribution in [1.29, 1.82) is 0 Å². The molecule has 0 aromatic heterocycles. The highest BCUT2D eigenvalue weighted by atomic mass is 19.4. The Labute approximate surface area is 200 Å². The second kappa shape index (κ2) is 10.8. The summed E-state index contributed by atoms with van der Waals surface area (Å²) in [4.78, 5) is 0. The van der Waals surface area contributed by atoms with E-state index in [1.807, 2.05) is 6.07 Å². The van der Waals surface area contributed by atoms with Crippen molar-refractivity contribution in [2.45, 2.75) is 64.7 Å². The monoisotopic (exact) mass is 462 g/mol. The summed E-state index contributed by atoms with van der Waals surface area (Å²) in [5.41, 5.74) is 8.29.